The molecule has 2 rings (SSSR count). The lowest BCUT2D eigenvalue weighted by atomic mass is 9.98. The van der Waals surface area contributed by atoms with Gasteiger partial charge in [0.25, 0.3) is 0 Å². The Morgan fingerprint density at radius 3 is 1.65 bits per heavy atom. The number of carbonyl (C=O) groups excluding carboxylic acids is 1. The number of carbonyl (C=O) groups is 1. The van der Waals surface area contributed by atoms with Crippen LogP contribution < -0.4 is 0 Å². The molecular formula is C23H34OS2. The van der Waals surface area contributed by atoms with Crippen LogP contribution in [0.3, 0.4) is 0 Å². The van der Waals surface area contributed by atoms with E-state index in [2.05, 4.69) is 36.7 Å². The summed E-state index contributed by atoms with van der Waals surface area (Å²) in [6, 6.07) is 4.56. The fraction of sp³-hybridized carbons (Fsp3) is 0.609. The van der Waals surface area contributed by atoms with Gasteiger partial charge in [-0.15, -0.1) is 22.7 Å². The van der Waals surface area contributed by atoms with Gasteiger partial charge in [-0.3, -0.25) is 4.79 Å². The molecule has 0 unspecified atom stereocenters. The topological polar surface area (TPSA) is 17.1 Å². The minimum atomic E-state index is -0.0567. The lowest BCUT2D eigenvalue weighted by Gasteiger charge is -2.09. The minimum absolute atomic E-state index is 0.0567. The van der Waals surface area contributed by atoms with E-state index in [1.165, 1.54) is 72.2 Å². The predicted molar refractivity (Wildman–Crippen MR) is 117 cm³/mol. The molecule has 2 heterocycles. The van der Waals surface area contributed by atoms with Crippen LogP contribution in [0.2, 0.25) is 0 Å². The van der Waals surface area contributed by atoms with Crippen LogP contribution in [0, 0.1) is 0 Å². The summed E-state index contributed by atoms with van der Waals surface area (Å²) in [6.45, 7) is 6.24. The van der Waals surface area contributed by atoms with Gasteiger partial charge in [-0.2, -0.15) is 0 Å². The van der Waals surface area contributed by atoms with Crippen molar-refractivity contribution in [3.05, 3.63) is 43.8 Å². The van der Waals surface area contributed by atoms with Crippen molar-refractivity contribution in [1.29, 1.82) is 0 Å². The van der Waals surface area contributed by atoms with E-state index < -0.39 is 0 Å². The van der Waals surface area contributed by atoms with Gasteiger partial charge in [-0.05, 0) is 66.6 Å². The van der Waals surface area contributed by atoms with Gasteiger partial charge in [0.15, 0.2) is 0 Å². The van der Waals surface area contributed by atoms with Gasteiger partial charge >= 0.3 is 0 Å². The van der Waals surface area contributed by atoms with Gasteiger partial charge in [-0.1, -0.05) is 52.4 Å². The fourth-order valence-electron chi connectivity index (χ4n) is 3.41. The summed E-state index contributed by atoms with van der Waals surface area (Å²) in [7, 11) is 0. The molecule has 3 heteroatoms. The van der Waals surface area contributed by atoms with Crippen LogP contribution in [0.4, 0.5) is 0 Å². The molecule has 0 radical (unpaired) electrons. The van der Waals surface area contributed by atoms with Crippen molar-refractivity contribution in [2.45, 2.75) is 90.9 Å². The van der Waals surface area contributed by atoms with Crippen LogP contribution in [-0.4, -0.2) is 5.78 Å². The zero-order valence-corrected chi connectivity index (χ0v) is 18.3. The van der Waals surface area contributed by atoms with E-state index in [-0.39, 0.29) is 11.7 Å². The molecule has 26 heavy (non-hydrogen) atoms. The first-order valence-electron chi connectivity index (χ1n) is 10.3. The van der Waals surface area contributed by atoms with Crippen LogP contribution in [0.15, 0.2) is 22.9 Å². The van der Waals surface area contributed by atoms with Crippen molar-refractivity contribution in [2.75, 3.05) is 0 Å². The summed E-state index contributed by atoms with van der Waals surface area (Å²) in [5.74, 6) is 0.211. The maximum Gasteiger partial charge on any atom is 0.143 e. The second-order valence-corrected chi connectivity index (χ2v) is 9.27. The van der Waals surface area contributed by atoms with Crippen molar-refractivity contribution < 1.29 is 4.79 Å². The number of hydrogen-bond donors (Lipinski definition) is 0. The molecule has 0 fully saturated rings. The molecule has 0 atom stereocenters. The van der Waals surface area contributed by atoms with Crippen molar-refractivity contribution >= 4 is 28.5 Å². The Bertz CT molecular complexity index is 602. The number of unbranched alkanes of at least 4 members (excludes halogenated alkanes) is 6. The fourth-order valence-corrected chi connectivity index (χ4v) is 5.72. The van der Waals surface area contributed by atoms with Crippen LogP contribution in [-0.2, 0) is 17.6 Å². The van der Waals surface area contributed by atoms with E-state index in [0.29, 0.717) is 0 Å². The number of ketones is 1. The van der Waals surface area contributed by atoms with Gasteiger partial charge in [0.2, 0.25) is 0 Å². The molecule has 0 saturated carbocycles. The highest BCUT2D eigenvalue weighted by molar-refractivity contribution is 7.12. The summed E-state index contributed by atoms with van der Waals surface area (Å²) in [5.41, 5.74) is 2.81. The molecule has 0 amide bonds. The zero-order chi connectivity index (χ0) is 18.8. The first-order chi connectivity index (χ1) is 12.7. The average molecular weight is 391 g/mol. The summed E-state index contributed by atoms with van der Waals surface area (Å²) >= 11 is 3.53. The lowest BCUT2D eigenvalue weighted by Crippen LogP contribution is -2.07. The molecule has 1 nitrogen and oxygen atoms in total. The largest absolute Gasteiger partial charge is 0.299 e. The molecule has 2 aromatic rings. The molecule has 144 valence electrons. The lowest BCUT2D eigenvalue weighted by molar-refractivity contribution is -0.117. The SMILES string of the molecule is CCCCCCc1csc(C(C(C)=O)c2cc(CCCCCC)cs2)c1. The predicted octanol–water partition coefficient (Wildman–Crippen LogP) is 7.78. The average Bonchev–Trinajstić information content (AvgIpc) is 3.26. The van der Waals surface area contributed by atoms with Gasteiger partial charge in [0.1, 0.15) is 5.78 Å². The van der Waals surface area contributed by atoms with Gasteiger partial charge in [0.05, 0.1) is 5.92 Å². The van der Waals surface area contributed by atoms with E-state index >= 15 is 0 Å². The van der Waals surface area contributed by atoms with Crippen LogP contribution in [0.1, 0.15) is 98.9 Å². The maximum absolute atomic E-state index is 12.4. The first-order valence-corrected chi connectivity index (χ1v) is 12.1. The van der Waals surface area contributed by atoms with Crippen LogP contribution >= 0.6 is 22.7 Å². The molecule has 0 aliphatic heterocycles. The Kier molecular flexibility index (Phi) is 9.63. The second-order valence-electron chi connectivity index (χ2n) is 7.38. The Morgan fingerprint density at radius 1 is 0.808 bits per heavy atom. The van der Waals surface area contributed by atoms with E-state index in [1.807, 2.05) is 0 Å². The highest BCUT2D eigenvalue weighted by Crippen LogP contribution is 2.35. The summed E-state index contributed by atoms with van der Waals surface area (Å²) in [5, 5.41) is 4.52. The summed E-state index contributed by atoms with van der Waals surface area (Å²) in [4.78, 5) is 14.8. The quantitative estimate of drug-likeness (QED) is 0.319. The molecule has 0 aliphatic rings. The monoisotopic (exact) mass is 390 g/mol. The number of hydrogen-bond acceptors (Lipinski definition) is 3. The third-order valence-electron chi connectivity index (χ3n) is 4.96. The minimum Gasteiger partial charge on any atom is -0.299 e. The normalized spacial score (nSPS) is 11.4. The summed E-state index contributed by atoms with van der Waals surface area (Å²) < 4.78 is 0. The highest BCUT2D eigenvalue weighted by Gasteiger charge is 2.22. The molecule has 0 saturated heterocycles. The highest BCUT2D eigenvalue weighted by atomic mass is 32.1. The van der Waals surface area contributed by atoms with E-state index in [0.717, 1.165) is 12.8 Å². The molecule has 0 aromatic carbocycles. The third kappa shape index (κ3) is 6.66. The van der Waals surface area contributed by atoms with Crippen LogP contribution in [0.5, 0.6) is 0 Å². The Balaban J connectivity index is 1.99. The van der Waals surface area contributed by atoms with Crippen molar-refractivity contribution in [2.24, 2.45) is 0 Å². The molecule has 0 bridgehead atoms. The second kappa shape index (κ2) is 11.7. The molecule has 0 spiro atoms. The smallest absolute Gasteiger partial charge is 0.143 e. The number of aryl methyl sites for hydroxylation is 2. The zero-order valence-electron chi connectivity index (χ0n) is 16.7. The third-order valence-corrected chi connectivity index (χ3v) is 7.05. The molecule has 2 aromatic heterocycles. The van der Waals surface area contributed by atoms with E-state index in [9.17, 15) is 4.79 Å². The number of thiophene rings is 2. The van der Waals surface area contributed by atoms with Crippen molar-refractivity contribution in [3.63, 3.8) is 0 Å². The first kappa shape index (κ1) is 21.4. The van der Waals surface area contributed by atoms with Gasteiger partial charge in [0, 0.05) is 9.75 Å². The maximum atomic E-state index is 12.4. The van der Waals surface area contributed by atoms with E-state index in [1.54, 1.807) is 29.6 Å². The van der Waals surface area contributed by atoms with E-state index in [4.69, 9.17) is 0 Å². The molecule has 0 N–H and O–H groups in total. The van der Waals surface area contributed by atoms with Crippen LogP contribution in [0.25, 0.3) is 0 Å². The Labute approximate surface area is 167 Å². The van der Waals surface area contributed by atoms with Crippen molar-refractivity contribution in [1.82, 2.24) is 0 Å². The van der Waals surface area contributed by atoms with Gasteiger partial charge < -0.3 is 0 Å². The standard InChI is InChI=1S/C23H34OS2/c1-4-6-8-10-12-19-14-21(25-16-19)23(18(3)24)22-15-20(17-26-22)13-11-9-7-5-2/h14-17,23H,4-13H2,1-3H3. The Hall–Kier alpha value is -0.930. The van der Waals surface area contributed by atoms with Crippen molar-refractivity contribution in [3.8, 4) is 0 Å². The number of Topliss-reactive ketones (excluding diaryl/α,β-unsaturated/α-hetero) is 1. The number of rotatable bonds is 13. The molecule has 0 aliphatic carbocycles. The Morgan fingerprint density at radius 2 is 1.27 bits per heavy atom. The summed E-state index contributed by atoms with van der Waals surface area (Å²) in [6.07, 6.45) is 12.6. The molecular weight excluding hydrogens is 356 g/mol. The van der Waals surface area contributed by atoms with Gasteiger partial charge in [-0.25, -0.2) is 0 Å².